The Labute approximate surface area is 391 Å². The summed E-state index contributed by atoms with van der Waals surface area (Å²) in [5.41, 5.74) is 3.59. The summed E-state index contributed by atoms with van der Waals surface area (Å²) in [6, 6.07) is 29.5. The van der Waals surface area contributed by atoms with Crippen molar-refractivity contribution in [2.75, 3.05) is 39.3 Å². The summed E-state index contributed by atoms with van der Waals surface area (Å²) in [6.45, 7) is 4.20. The van der Waals surface area contributed by atoms with Crippen molar-refractivity contribution in [3.63, 3.8) is 0 Å². The van der Waals surface area contributed by atoms with Gasteiger partial charge < -0.3 is 45.4 Å². The third-order valence-electron chi connectivity index (χ3n) is 13.5. The van der Waals surface area contributed by atoms with E-state index in [9.17, 15) is 29.4 Å². The lowest BCUT2D eigenvalue weighted by Crippen LogP contribution is -2.52. The van der Waals surface area contributed by atoms with Crippen LogP contribution in [0.15, 0.2) is 108 Å². The van der Waals surface area contributed by atoms with Gasteiger partial charge in [0.25, 0.3) is 5.91 Å². The summed E-state index contributed by atoms with van der Waals surface area (Å²) in [6.07, 6.45) is 7.94. The molecule has 9 rings (SSSR count). The number of benzene rings is 4. The fourth-order valence-electron chi connectivity index (χ4n) is 9.78. The molecule has 4 unspecified atom stereocenters. The number of H-pyrrole nitrogens is 1. The van der Waals surface area contributed by atoms with Crippen LogP contribution in [0, 0.1) is 11.8 Å². The summed E-state index contributed by atoms with van der Waals surface area (Å²) in [7, 11) is 0. The first-order valence-electron chi connectivity index (χ1n) is 23.9. The molecule has 2 bridgehead atoms. The zero-order valence-electron chi connectivity index (χ0n) is 38.0. The summed E-state index contributed by atoms with van der Waals surface area (Å²) in [4.78, 5) is 57.1. The van der Waals surface area contributed by atoms with Crippen molar-refractivity contribution in [1.29, 1.82) is 0 Å². The van der Waals surface area contributed by atoms with E-state index in [2.05, 4.69) is 25.8 Å². The van der Waals surface area contributed by atoms with Crippen LogP contribution in [-0.2, 0) is 20.9 Å². The van der Waals surface area contributed by atoms with Crippen molar-refractivity contribution in [2.45, 2.75) is 95.1 Å². The SMILES string of the molecule is O=C(NC(c1ccccc1)c1cccc(OCc2ccc(C(=O)NC(CC3CCCCC3)C(=O)OCCCCNCC(O)c3ccc(O)c4[nH]c(=O)ccc34)cc2)c1)OC1CN2CCC1CC2. The number of rotatable bonds is 20. The topological polar surface area (TPSA) is 192 Å². The van der Waals surface area contributed by atoms with Crippen LogP contribution in [0.2, 0.25) is 0 Å². The number of aromatic nitrogens is 1. The number of fused-ring (bicyclic) bond motifs is 4. The Morgan fingerprint density at radius 1 is 0.821 bits per heavy atom. The zero-order chi connectivity index (χ0) is 46.5. The number of pyridine rings is 1. The van der Waals surface area contributed by atoms with Gasteiger partial charge in [-0.1, -0.05) is 92.8 Å². The molecule has 1 aromatic heterocycles. The number of amides is 2. The van der Waals surface area contributed by atoms with Crippen LogP contribution >= 0.6 is 0 Å². The highest BCUT2D eigenvalue weighted by molar-refractivity contribution is 5.96. The molecule has 14 nitrogen and oxygen atoms in total. The van der Waals surface area contributed by atoms with E-state index < -0.39 is 30.3 Å². The molecule has 3 aliphatic heterocycles. The Hall–Kier alpha value is -6.22. The van der Waals surface area contributed by atoms with Gasteiger partial charge in [0.1, 0.15) is 30.3 Å². The lowest BCUT2D eigenvalue weighted by atomic mass is 9.84. The number of carbonyl (C=O) groups is 3. The van der Waals surface area contributed by atoms with Crippen molar-refractivity contribution in [2.24, 2.45) is 11.8 Å². The first-order valence-corrected chi connectivity index (χ1v) is 23.9. The number of hydrogen-bond acceptors (Lipinski definition) is 11. The summed E-state index contributed by atoms with van der Waals surface area (Å²) >= 11 is 0. The fraction of sp³-hybridized carbons (Fsp3) is 0.434. The van der Waals surface area contributed by atoms with Gasteiger partial charge in [0.15, 0.2) is 0 Å². The molecule has 1 saturated carbocycles. The van der Waals surface area contributed by atoms with Gasteiger partial charge in [0.05, 0.1) is 24.3 Å². The lowest BCUT2D eigenvalue weighted by molar-refractivity contribution is -0.146. The van der Waals surface area contributed by atoms with Crippen molar-refractivity contribution in [3.8, 4) is 11.5 Å². The number of nitrogens with one attached hydrogen (secondary N) is 4. The maximum absolute atomic E-state index is 13.6. The van der Waals surface area contributed by atoms with Gasteiger partial charge in [0, 0.05) is 30.1 Å². The number of nitrogens with zero attached hydrogens (tertiary/aromatic N) is 1. The predicted octanol–water partition coefficient (Wildman–Crippen LogP) is 7.44. The molecular formula is C53H63N5O9. The third-order valence-corrected chi connectivity index (χ3v) is 13.5. The summed E-state index contributed by atoms with van der Waals surface area (Å²) in [5.74, 6) is 0.512. The molecular weight excluding hydrogens is 851 g/mol. The van der Waals surface area contributed by atoms with E-state index >= 15 is 0 Å². The van der Waals surface area contributed by atoms with Crippen LogP contribution in [0.3, 0.4) is 0 Å². The third kappa shape index (κ3) is 12.8. The highest BCUT2D eigenvalue weighted by Crippen LogP contribution is 2.32. The molecule has 4 heterocycles. The number of aromatic hydroxyl groups is 1. The number of alkyl carbamates (subject to hydrolysis) is 1. The Balaban J connectivity index is 0.809. The number of aromatic amines is 1. The molecule has 5 aromatic rings. The van der Waals surface area contributed by atoms with E-state index in [1.54, 1.807) is 24.3 Å². The quantitative estimate of drug-likeness (QED) is 0.0336. The molecule has 4 aliphatic rings. The molecule has 6 N–H and O–H groups in total. The predicted molar refractivity (Wildman–Crippen MR) is 255 cm³/mol. The average Bonchev–Trinajstić information content (AvgIpc) is 3.35. The van der Waals surface area contributed by atoms with Gasteiger partial charge in [0.2, 0.25) is 5.56 Å². The van der Waals surface area contributed by atoms with Gasteiger partial charge >= 0.3 is 12.1 Å². The van der Waals surface area contributed by atoms with E-state index in [0.29, 0.717) is 59.9 Å². The number of aliphatic hydroxyl groups excluding tert-OH is 1. The zero-order valence-corrected chi connectivity index (χ0v) is 38.0. The van der Waals surface area contributed by atoms with Crippen LogP contribution in [-0.4, -0.2) is 89.5 Å². The molecule has 3 saturated heterocycles. The molecule has 4 atom stereocenters. The summed E-state index contributed by atoms with van der Waals surface area (Å²) < 4.78 is 17.9. The molecule has 354 valence electrons. The van der Waals surface area contributed by atoms with Gasteiger partial charge in [-0.05, 0) is 122 Å². The second-order valence-electron chi connectivity index (χ2n) is 18.3. The highest BCUT2D eigenvalue weighted by Gasteiger charge is 2.37. The smallest absolute Gasteiger partial charge is 0.408 e. The van der Waals surface area contributed by atoms with Gasteiger partial charge in [-0.15, -0.1) is 0 Å². The summed E-state index contributed by atoms with van der Waals surface area (Å²) in [5, 5.41) is 30.9. The van der Waals surface area contributed by atoms with Gasteiger partial charge in [-0.2, -0.15) is 0 Å². The number of phenolic OH excluding ortho intramolecular Hbond substituents is 1. The standard InChI is InChI=1S/C53H63N5O9/c59-45-22-20-42(43-21-23-48(61)56-50(43)45)46(60)32-54-26-7-8-29-65-52(63)44(30-35-10-3-1-4-11-35)55-51(62)39-18-16-36(17-19-39)34-66-41-15-9-14-40(31-41)49(38-12-5-2-6-13-38)57-53(64)67-47-33-58-27-24-37(47)25-28-58/h2,5-6,9,12-23,31,35,37,44,46-47,49,54,59-60H,1,3-4,7-8,10-11,24-30,32-34H2,(H,55,62)(H,56,61)(H,57,64). The maximum atomic E-state index is 13.6. The number of ether oxygens (including phenoxy) is 3. The van der Waals surface area contributed by atoms with Gasteiger partial charge in [-0.3, -0.25) is 14.5 Å². The molecule has 14 heteroatoms. The van der Waals surface area contributed by atoms with Crippen LogP contribution < -0.4 is 26.2 Å². The normalized spacial score (nSPS) is 19.5. The van der Waals surface area contributed by atoms with E-state index in [4.69, 9.17) is 14.2 Å². The Kier molecular flexibility index (Phi) is 16.2. The highest BCUT2D eigenvalue weighted by atomic mass is 16.6. The largest absolute Gasteiger partial charge is 0.506 e. The lowest BCUT2D eigenvalue weighted by Gasteiger charge is -2.43. The Bertz CT molecular complexity index is 2480. The maximum Gasteiger partial charge on any atom is 0.408 e. The van der Waals surface area contributed by atoms with Crippen molar-refractivity contribution in [1.82, 2.24) is 25.8 Å². The molecule has 67 heavy (non-hydrogen) atoms. The molecule has 2 amide bonds. The average molecular weight is 914 g/mol. The number of carbonyl (C=O) groups excluding carboxylic acids is 3. The van der Waals surface area contributed by atoms with Crippen LogP contribution in [0.25, 0.3) is 10.9 Å². The monoisotopic (exact) mass is 913 g/mol. The molecule has 4 fully saturated rings. The minimum absolute atomic E-state index is 0.0640. The second kappa shape index (κ2) is 23.0. The van der Waals surface area contributed by atoms with E-state index in [0.717, 1.165) is 74.8 Å². The number of aliphatic hydroxyl groups is 1. The van der Waals surface area contributed by atoms with Gasteiger partial charge in [-0.25, -0.2) is 9.59 Å². The van der Waals surface area contributed by atoms with Crippen LogP contribution in [0.4, 0.5) is 4.79 Å². The Morgan fingerprint density at radius 2 is 1.60 bits per heavy atom. The number of hydrogen-bond donors (Lipinski definition) is 6. The van der Waals surface area contributed by atoms with E-state index in [1.165, 1.54) is 18.6 Å². The molecule has 4 aromatic carbocycles. The Morgan fingerprint density at radius 3 is 2.36 bits per heavy atom. The number of esters is 1. The van der Waals surface area contributed by atoms with Crippen molar-refractivity contribution < 1.29 is 38.8 Å². The molecule has 1 aliphatic carbocycles. The number of unbranched alkanes of at least 4 members (excludes halogenated alkanes) is 1. The van der Waals surface area contributed by atoms with Crippen molar-refractivity contribution >= 4 is 28.9 Å². The van der Waals surface area contributed by atoms with Crippen molar-refractivity contribution in [3.05, 3.63) is 141 Å². The first-order chi connectivity index (χ1) is 32.7. The van der Waals surface area contributed by atoms with Crippen LogP contribution in [0.5, 0.6) is 11.5 Å². The van der Waals surface area contributed by atoms with Crippen LogP contribution in [0.1, 0.15) is 109 Å². The number of piperidine rings is 3. The number of phenols is 1. The minimum atomic E-state index is -0.870. The molecule has 0 radical (unpaired) electrons. The second-order valence-corrected chi connectivity index (χ2v) is 18.3. The van der Waals surface area contributed by atoms with E-state index in [1.807, 2.05) is 66.7 Å². The first kappa shape index (κ1) is 47.3. The van der Waals surface area contributed by atoms with E-state index in [-0.39, 0.29) is 48.6 Å². The fourth-order valence-corrected chi connectivity index (χ4v) is 9.78. The minimum Gasteiger partial charge on any atom is -0.506 e. The molecule has 0 spiro atoms.